The molecule has 0 aliphatic heterocycles. The van der Waals surface area contributed by atoms with Gasteiger partial charge in [0.25, 0.3) is 10.0 Å². The second-order valence-corrected chi connectivity index (χ2v) is 4.21. The summed E-state index contributed by atoms with van der Waals surface area (Å²) < 4.78 is 24.0. The van der Waals surface area contributed by atoms with Crippen molar-refractivity contribution in [1.82, 2.24) is 19.6 Å². The summed E-state index contributed by atoms with van der Waals surface area (Å²) in [5.74, 6) is 0. The van der Waals surface area contributed by atoms with Crippen LogP contribution in [0.15, 0.2) is 35.2 Å². The molecular weight excluding hydrogens is 204 g/mol. The van der Waals surface area contributed by atoms with Gasteiger partial charge < -0.3 is 9.19 Å². The lowest BCUT2D eigenvalue weighted by Gasteiger charge is -2.07. The quantitative estimate of drug-likeness (QED) is 0.635. The third-order valence-corrected chi connectivity index (χ3v) is 3.04. The van der Waals surface area contributed by atoms with Gasteiger partial charge in [-0.3, -0.25) is 0 Å². The highest BCUT2D eigenvalue weighted by Gasteiger charge is 2.11. The third-order valence-electron chi connectivity index (χ3n) is 1.56. The van der Waals surface area contributed by atoms with Crippen molar-refractivity contribution < 1.29 is 8.42 Å². The minimum absolute atomic E-state index is 0.128. The van der Waals surface area contributed by atoms with Gasteiger partial charge in [0, 0.05) is 0 Å². The Labute approximate surface area is 80.2 Å². The lowest BCUT2D eigenvalue weighted by atomic mass is 10.4. The van der Waals surface area contributed by atoms with E-state index < -0.39 is 10.0 Å². The molecule has 0 radical (unpaired) electrons. The van der Waals surface area contributed by atoms with Crippen LogP contribution in [0.3, 0.4) is 0 Å². The van der Waals surface area contributed by atoms with Crippen LogP contribution in [0, 0.1) is 6.33 Å². The fraction of sp³-hybridized carbons (Fsp3) is 0. The van der Waals surface area contributed by atoms with Crippen LogP contribution < -0.4 is 0 Å². The lowest BCUT2D eigenvalue weighted by Crippen LogP contribution is -2.13. The maximum atomic E-state index is 11.7. The molecule has 0 bridgehead atoms. The Balaban J connectivity index is 2.55. The van der Waals surface area contributed by atoms with Gasteiger partial charge in [-0.15, -0.1) is 0 Å². The summed E-state index contributed by atoms with van der Waals surface area (Å²) in [7, 11) is -3.67. The van der Waals surface area contributed by atoms with Crippen LogP contribution in [-0.2, 0) is 10.0 Å². The molecule has 1 aromatic heterocycles. The van der Waals surface area contributed by atoms with E-state index in [1.807, 2.05) is 0 Å². The third kappa shape index (κ3) is 1.37. The first-order chi connectivity index (χ1) is 6.71. The topological polar surface area (TPSA) is 77.7 Å². The SMILES string of the molecule is O=S(=O)(c1ccccc1)n1[c-]nnn1. The predicted molar refractivity (Wildman–Crippen MR) is 45.7 cm³/mol. The van der Waals surface area contributed by atoms with Gasteiger partial charge in [-0.05, 0) is 12.1 Å². The zero-order chi connectivity index (χ0) is 10.0. The molecule has 72 valence electrons. The van der Waals surface area contributed by atoms with Gasteiger partial charge in [-0.25, -0.2) is 14.7 Å². The van der Waals surface area contributed by atoms with Gasteiger partial charge in [0.15, 0.2) is 0 Å². The maximum absolute atomic E-state index is 11.7. The Hall–Kier alpha value is -1.76. The average molecular weight is 209 g/mol. The number of hydrogen-bond acceptors (Lipinski definition) is 5. The van der Waals surface area contributed by atoms with Crippen molar-refractivity contribution >= 4 is 10.0 Å². The molecule has 0 saturated heterocycles. The molecule has 0 aliphatic carbocycles. The highest BCUT2D eigenvalue weighted by Crippen LogP contribution is 2.09. The number of benzene rings is 1. The van der Waals surface area contributed by atoms with Gasteiger partial charge in [-0.2, -0.15) is 0 Å². The Bertz CT molecular complexity index is 506. The van der Waals surface area contributed by atoms with E-state index in [-0.39, 0.29) is 4.90 Å². The van der Waals surface area contributed by atoms with Crippen LogP contribution in [0.25, 0.3) is 0 Å². The van der Waals surface area contributed by atoms with E-state index in [4.69, 9.17) is 0 Å². The average Bonchev–Trinajstić information content (AvgIpc) is 2.72. The van der Waals surface area contributed by atoms with E-state index in [2.05, 4.69) is 21.9 Å². The number of nitrogens with zero attached hydrogens (tertiary/aromatic N) is 4. The first kappa shape index (κ1) is 8.82. The van der Waals surface area contributed by atoms with Gasteiger partial charge in [0.05, 0.1) is 4.90 Å². The zero-order valence-electron chi connectivity index (χ0n) is 6.90. The summed E-state index contributed by atoms with van der Waals surface area (Å²) >= 11 is 0. The number of rotatable bonds is 2. The smallest absolute Gasteiger partial charge is 0.255 e. The van der Waals surface area contributed by atoms with Crippen molar-refractivity contribution in [3.8, 4) is 0 Å². The van der Waals surface area contributed by atoms with E-state index in [1.165, 1.54) is 12.1 Å². The van der Waals surface area contributed by atoms with E-state index in [0.29, 0.717) is 4.09 Å². The van der Waals surface area contributed by atoms with Gasteiger partial charge in [-0.1, -0.05) is 28.6 Å². The molecule has 0 fully saturated rings. The van der Waals surface area contributed by atoms with Gasteiger partial charge >= 0.3 is 0 Å². The first-order valence-corrected chi connectivity index (χ1v) is 5.12. The molecule has 0 atom stereocenters. The van der Waals surface area contributed by atoms with Crippen molar-refractivity contribution in [3.05, 3.63) is 36.7 Å². The molecule has 0 aliphatic rings. The monoisotopic (exact) mass is 209 g/mol. The van der Waals surface area contributed by atoms with Crippen molar-refractivity contribution in [2.24, 2.45) is 0 Å². The Kier molecular flexibility index (Phi) is 2.01. The summed E-state index contributed by atoms with van der Waals surface area (Å²) in [6, 6.07) is 7.90. The molecule has 2 aromatic rings. The van der Waals surface area contributed by atoms with Crippen LogP contribution in [0.4, 0.5) is 0 Å². The minimum atomic E-state index is -3.67. The van der Waals surface area contributed by atoms with Crippen molar-refractivity contribution in [2.45, 2.75) is 4.90 Å². The maximum Gasteiger partial charge on any atom is 0.255 e. The van der Waals surface area contributed by atoms with Gasteiger partial charge in [0.2, 0.25) is 0 Å². The Morgan fingerprint density at radius 2 is 1.93 bits per heavy atom. The molecule has 0 unspecified atom stereocenters. The van der Waals surface area contributed by atoms with Crippen LogP contribution >= 0.6 is 0 Å². The van der Waals surface area contributed by atoms with E-state index in [1.54, 1.807) is 18.2 Å². The second-order valence-electron chi connectivity index (χ2n) is 2.44. The van der Waals surface area contributed by atoms with Crippen LogP contribution in [0.2, 0.25) is 0 Å². The standard InChI is InChI=1S/C7H5N4O2S/c12-14(13,11-6-8-9-10-11)7-4-2-1-3-5-7/h1-5H/q-1. The molecule has 0 saturated carbocycles. The predicted octanol–water partition coefficient (Wildman–Crippen LogP) is -0.290. The molecule has 1 heterocycles. The molecule has 0 N–H and O–H groups in total. The summed E-state index contributed by atoms with van der Waals surface area (Å²) in [6.07, 6.45) is 2.13. The van der Waals surface area contributed by atoms with Crippen LogP contribution in [-0.4, -0.2) is 28.0 Å². The molecule has 6 nitrogen and oxygen atoms in total. The number of hydrogen-bond donors (Lipinski definition) is 0. The molecule has 1 aromatic carbocycles. The molecule has 7 heteroatoms. The highest BCUT2D eigenvalue weighted by atomic mass is 32.2. The fourth-order valence-electron chi connectivity index (χ4n) is 0.929. The molecule has 2 rings (SSSR count). The summed E-state index contributed by atoms with van der Waals surface area (Å²) in [5.41, 5.74) is 0. The van der Waals surface area contributed by atoms with Crippen molar-refractivity contribution in [1.29, 1.82) is 0 Å². The first-order valence-electron chi connectivity index (χ1n) is 3.68. The van der Waals surface area contributed by atoms with Crippen molar-refractivity contribution in [3.63, 3.8) is 0 Å². The van der Waals surface area contributed by atoms with Gasteiger partial charge in [0.1, 0.15) is 0 Å². The molecular formula is C7H5N4O2S-. The number of tetrazole rings is 1. The Morgan fingerprint density at radius 3 is 2.50 bits per heavy atom. The molecule has 14 heavy (non-hydrogen) atoms. The normalized spacial score (nSPS) is 11.4. The Morgan fingerprint density at radius 1 is 1.21 bits per heavy atom. The summed E-state index contributed by atoms with van der Waals surface area (Å²) in [5, 5.41) is 9.63. The number of aromatic nitrogens is 4. The summed E-state index contributed by atoms with van der Waals surface area (Å²) in [6.45, 7) is 0. The zero-order valence-corrected chi connectivity index (χ0v) is 7.72. The van der Waals surface area contributed by atoms with E-state index >= 15 is 0 Å². The minimum Gasteiger partial charge on any atom is -0.330 e. The lowest BCUT2D eigenvalue weighted by molar-refractivity contribution is 0.576. The van der Waals surface area contributed by atoms with Crippen LogP contribution in [0.1, 0.15) is 0 Å². The molecule has 0 spiro atoms. The van der Waals surface area contributed by atoms with Crippen molar-refractivity contribution in [2.75, 3.05) is 0 Å². The largest absolute Gasteiger partial charge is 0.330 e. The van der Waals surface area contributed by atoms with E-state index in [0.717, 1.165) is 0 Å². The molecule has 0 amide bonds. The fourth-order valence-corrected chi connectivity index (χ4v) is 1.90. The highest BCUT2D eigenvalue weighted by molar-refractivity contribution is 7.89. The van der Waals surface area contributed by atoms with Crippen LogP contribution in [0.5, 0.6) is 0 Å². The summed E-state index contributed by atoms with van der Waals surface area (Å²) in [4.78, 5) is 0.128. The second kappa shape index (κ2) is 3.18. The van der Waals surface area contributed by atoms with E-state index in [9.17, 15) is 8.42 Å².